The number of rotatable bonds is 9. The van der Waals surface area contributed by atoms with E-state index >= 15 is 0 Å². The molecule has 0 spiro atoms. The van der Waals surface area contributed by atoms with Crippen LogP contribution in [0.3, 0.4) is 0 Å². The number of carbonyl (C=O) groups is 2. The smallest absolute Gasteiger partial charge is 0.324 e. The third kappa shape index (κ3) is 5.23. The molecule has 2 rings (SSSR count). The Kier molecular flexibility index (Phi) is 7.82. The highest BCUT2D eigenvalue weighted by Gasteiger charge is 2.40. The third-order valence-electron chi connectivity index (χ3n) is 4.84. The summed E-state index contributed by atoms with van der Waals surface area (Å²) in [4.78, 5) is 24.4. The second-order valence-corrected chi connectivity index (χ2v) is 8.53. The number of esters is 1. The van der Waals surface area contributed by atoms with Gasteiger partial charge in [0.2, 0.25) is 10.0 Å². The Hall–Kier alpha value is -2.13. The molecule has 0 unspecified atom stereocenters. The van der Waals surface area contributed by atoms with Crippen LogP contribution in [0.1, 0.15) is 39.5 Å². The van der Waals surface area contributed by atoms with Gasteiger partial charge < -0.3 is 14.8 Å². The molecule has 1 N–H and O–H groups in total. The Morgan fingerprint density at radius 2 is 1.86 bits per heavy atom. The lowest BCUT2D eigenvalue weighted by Gasteiger charge is -2.23. The van der Waals surface area contributed by atoms with Crippen molar-refractivity contribution in [3.8, 4) is 5.75 Å². The van der Waals surface area contributed by atoms with Crippen LogP contribution in [0.25, 0.3) is 0 Å². The van der Waals surface area contributed by atoms with Crippen LogP contribution in [-0.4, -0.2) is 56.9 Å². The zero-order valence-electron chi connectivity index (χ0n) is 16.5. The molecule has 1 heterocycles. The Morgan fingerprint density at radius 1 is 1.21 bits per heavy atom. The van der Waals surface area contributed by atoms with Crippen LogP contribution in [0, 0.1) is 0 Å². The predicted molar refractivity (Wildman–Crippen MR) is 103 cm³/mol. The van der Waals surface area contributed by atoms with Crippen LogP contribution in [-0.2, 0) is 24.3 Å². The van der Waals surface area contributed by atoms with Crippen molar-refractivity contribution < 1.29 is 27.5 Å². The molecule has 156 valence electrons. The largest absolute Gasteiger partial charge is 0.497 e. The van der Waals surface area contributed by atoms with E-state index in [1.165, 1.54) is 19.2 Å². The molecule has 1 amide bonds. The van der Waals surface area contributed by atoms with E-state index in [-0.39, 0.29) is 23.4 Å². The highest BCUT2D eigenvalue weighted by atomic mass is 32.2. The number of ether oxygens (including phenoxy) is 2. The quantitative estimate of drug-likeness (QED) is 0.620. The number of hydrogen-bond acceptors (Lipinski definition) is 6. The van der Waals surface area contributed by atoms with Gasteiger partial charge in [-0.2, -0.15) is 4.31 Å². The maximum atomic E-state index is 12.9. The second-order valence-electron chi connectivity index (χ2n) is 6.64. The lowest BCUT2D eigenvalue weighted by atomic mass is 10.2. The van der Waals surface area contributed by atoms with Gasteiger partial charge >= 0.3 is 5.97 Å². The zero-order valence-corrected chi connectivity index (χ0v) is 17.3. The Balaban J connectivity index is 2.02. The Bertz CT molecular complexity index is 774. The number of benzene rings is 1. The molecule has 9 heteroatoms. The summed E-state index contributed by atoms with van der Waals surface area (Å²) >= 11 is 0. The van der Waals surface area contributed by atoms with Crippen LogP contribution in [0.15, 0.2) is 29.2 Å². The van der Waals surface area contributed by atoms with Gasteiger partial charge in [-0.15, -0.1) is 0 Å². The summed E-state index contributed by atoms with van der Waals surface area (Å²) in [5.41, 5.74) is 0. The number of nitrogens with zero attached hydrogens (tertiary/aromatic N) is 1. The van der Waals surface area contributed by atoms with Crippen molar-refractivity contribution in [2.24, 2.45) is 0 Å². The van der Waals surface area contributed by atoms with Crippen molar-refractivity contribution >= 4 is 21.9 Å². The molecular formula is C19H28N2O6S. The second kappa shape index (κ2) is 9.88. The van der Waals surface area contributed by atoms with Gasteiger partial charge in [0.15, 0.2) is 6.61 Å². The van der Waals surface area contributed by atoms with Gasteiger partial charge in [0.05, 0.1) is 12.0 Å². The molecule has 1 atom stereocenters. The summed E-state index contributed by atoms with van der Waals surface area (Å²) < 4.78 is 37.1. The normalized spacial score (nSPS) is 17.5. The highest BCUT2D eigenvalue weighted by Crippen LogP contribution is 2.27. The molecule has 1 aliphatic rings. The topological polar surface area (TPSA) is 102 Å². The molecule has 1 fully saturated rings. The Labute approximate surface area is 166 Å². The van der Waals surface area contributed by atoms with Gasteiger partial charge in [-0.3, -0.25) is 9.59 Å². The van der Waals surface area contributed by atoms with Crippen molar-refractivity contribution in [3.63, 3.8) is 0 Å². The number of nitrogens with one attached hydrogen (secondary N) is 1. The van der Waals surface area contributed by atoms with Gasteiger partial charge in [0.1, 0.15) is 11.8 Å². The lowest BCUT2D eigenvalue weighted by molar-refractivity contribution is -0.151. The fourth-order valence-corrected chi connectivity index (χ4v) is 4.79. The third-order valence-corrected chi connectivity index (χ3v) is 6.76. The van der Waals surface area contributed by atoms with Crippen LogP contribution in [0.4, 0.5) is 0 Å². The number of hydrogen-bond donors (Lipinski definition) is 1. The van der Waals surface area contributed by atoms with E-state index < -0.39 is 28.6 Å². The molecular weight excluding hydrogens is 384 g/mol. The maximum Gasteiger partial charge on any atom is 0.324 e. The molecule has 1 aromatic rings. The minimum absolute atomic E-state index is 0.0321. The molecule has 1 aromatic carbocycles. The van der Waals surface area contributed by atoms with E-state index in [0.717, 1.165) is 17.1 Å². The summed E-state index contributed by atoms with van der Waals surface area (Å²) in [5.74, 6) is -0.543. The van der Waals surface area contributed by atoms with Crippen LogP contribution in [0.2, 0.25) is 0 Å². The van der Waals surface area contributed by atoms with E-state index in [1.807, 2.05) is 13.8 Å². The number of sulfonamides is 1. The number of methoxy groups -OCH3 is 1. The van der Waals surface area contributed by atoms with Crippen molar-refractivity contribution in [2.45, 2.75) is 56.5 Å². The zero-order chi connectivity index (χ0) is 20.7. The molecule has 8 nitrogen and oxygen atoms in total. The van der Waals surface area contributed by atoms with E-state index in [0.29, 0.717) is 18.6 Å². The fraction of sp³-hybridized carbons (Fsp3) is 0.579. The minimum atomic E-state index is -3.85. The SMILES string of the molecule is CCC(CC)NC(=O)COC(=O)[C@@H]1CCCN1S(=O)(=O)c1ccc(OC)cc1. The standard InChI is InChI=1S/C19H28N2O6S/c1-4-14(5-2)20-18(22)13-27-19(23)17-7-6-12-21(17)28(24,25)16-10-8-15(26-3)9-11-16/h8-11,14,17H,4-7,12-13H2,1-3H3,(H,20,22)/t17-/m0/s1. The van der Waals surface area contributed by atoms with E-state index in [2.05, 4.69) is 5.32 Å². The van der Waals surface area contributed by atoms with Gasteiger partial charge in [-0.05, 0) is 49.9 Å². The first kappa shape index (κ1) is 22.2. The number of amides is 1. The predicted octanol–water partition coefficient (Wildman–Crippen LogP) is 1.70. The van der Waals surface area contributed by atoms with Crippen molar-refractivity contribution in [3.05, 3.63) is 24.3 Å². The average Bonchev–Trinajstić information content (AvgIpc) is 3.21. The first-order chi connectivity index (χ1) is 13.3. The van der Waals surface area contributed by atoms with Crippen molar-refractivity contribution in [1.82, 2.24) is 9.62 Å². The van der Waals surface area contributed by atoms with Gasteiger partial charge in [0, 0.05) is 12.6 Å². The molecule has 0 bridgehead atoms. The Morgan fingerprint density at radius 3 is 2.43 bits per heavy atom. The van der Waals surface area contributed by atoms with E-state index in [4.69, 9.17) is 9.47 Å². The molecule has 1 aliphatic heterocycles. The summed E-state index contributed by atoms with van der Waals surface area (Å²) in [6.45, 7) is 3.73. The molecule has 28 heavy (non-hydrogen) atoms. The fourth-order valence-electron chi connectivity index (χ4n) is 3.14. The van der Waals surface area contributed by atoms with Crippen LogP contribution >= 0.6 is 0 Å². The first-order valence-corrected chi connectivity index (χ1v) is 10.9. The molecule has 0 saturated carbocycles. The van der Waals surface area contributed by atoms with Crippen LogP contribution in [0.5, 0.6) is 5.75 Å². The molecule has 1 saturated heterocycles. The minimum Gasteiger partial charge on any atom is -0.497 e. The first-order valence-electron chi connectivity index (χ1n) is 9.45. The maximum absolute atomic E-state index is 12.9. The monoisotopic (exact) mass is 412 g/mol. The average molecular weight is 413 g/mol. The van der Waals surface area contributed by atoms with Crippen molar-refractivity contribution in [1.29, 1.82) is 0 Å². The highest BCUT2D eigenvalue weighted by molar-refractivity contribution is 7.89. The van der Waals surface area contributed by atoms with Gasteiger partial charge in [-0.25, -0.2) is 8.42 Å². The summed E-state index contributed by atoms with van der Waals surface area (Å²) in [6, 6.07) is 5.10. The summed E-state index contributed by atoms with van der Waals surface area (Å²) in [7, 11) is -2.35. The van der Waals surface area contributed by atoms with Gasteiger partial charge in [-0.1, -0.05) is 13.8 Å². The summed E-state index contributed by atoms with van der Waals surface area (Å²) in [6.07, 6.45) is 2.48. The van der Waals surface area contributed by atoms with E-state index in [1.54, 1.807) is 12.1 Å². The lowest BCUT2D eigenvalue weighted by Crippen LogP contribution is -2.43. The molecule has 0 radical (unpaired) electrons. The van der Waals surface area contributed by atoms with Crippen molar-refractivity contribution in [2.75, 3.05) is 20.3 Å². The number of carbonyl (C=O) groups excluding carboxylic acids is 2. The molecule has 0 aliphatic carbocycles. The van der Waals surface area contributed by atoms with Crippen LogP contribution < -0.4 is 10.1 Å². The van der Waals surface area contributed by atoms with E-state index in [9.17, 15) is 18.0 Å². The summed E-state index contributed by atoms with van der Waals surface area (Å²) in [5, 5.41) is 2.78. The van der Waals surface area contributed by atoms with Gasteiger partial charge in [0.25, 0.3) is 5.91 Å². The molecule has 0 aromatic heterocycles.